The summed E-state index contributed by atoms with van der Waals surface area (Å²) in [6, 6.07) is 8.66. The van der Waals surface area contributed by atoms with Gasteiger partial charge in [-0.05, 0) is 31.2 Å². The quantitative estimate of drug-likeness (QED) is 0.826. The number of carbonyl (C=O) groups is 1. The number of hydrogen-bond donors (Lipinski definition) is 2. The summed E-state index contributed by atoms with van der Waals surface area (Å²) in [5, 5.41) is 6.10. The van der Waals surface area contributed by atoms with Gasteiger partial charge in [0.15, 0.2) is 0 Å². The summed E-state index contributed by atoms with van der Waals surface area (Å²) in [5.41, 5.74) is 2.45. The highest BCUT2D eigenvalue weighted by Gasteiger charge is 2.23. The van der Waals surface area contributed by atoms with Gasteiger partial charge in [0.25, 0.3) is 0 Å². The lowest BCUT2D eigenvalue weighted by Crippen LogP contribution is -2.57. The van der Waals surface area contributed by atoms with Crippen molar-refractivity contribution in [2.75, 3.05) is 31.6 Å². The number of benzene rings is 1. The number of hydrogen-bond acceptors (Lipinski definition) is 3. The van der Waals surface area contributed by atoms with Crippen LogP contribution in [0.1, 0.15) is 12.5 Å². The van der Waals surface area contributed by atoms with Crippen molar-refractivity contribution in [3.05, 3.63) is 29.8 Å². The monoisotopic (exact) mass is 247 g/mol. The first kappa shape index (κ1) is 12.9. The Morgan fingerprint density at radius 2 is 2.11 bits per heavy atom. The molecule has 1 fully saturated rings. The second-order valence-electron chi connectivity index (χ2n) is 4.72. The molecule has 0 saturated carbocycles. The van der Waals surface area contributed by atoms with E-state index in [4.69, 9.17) is 0 Å². The Morgan fingerprint density at radius 1 is 1.39 bits per heavy atom. The van der Waals surface area contributed by atoms with Crippen LogP contribution in [0, 0.1) is 0 Å². The molecule has 1 aromatic rings. The molecule has 1 unspecified atom stereocenters. The summed E-state index contributed by atoms with van der Waals surface area (Å²) in [7, 11) is 1.90. The molecule has 0 aromatic heterocycles. The maximum Gasteiger partial charge on any atom is 0.239 e. The average molecular weight is 247 g/mol. The SMILES string of the molecule is CCc1ccc(N2CC(=O)NC(CNC)C2)cc1. The third-order valence-corrected chi connectivity index (χ3v) is 3.30. The highest BCUT2D eigenvalue weighted by molar-refractivity contribution is 5.83. The van der Waals surface area contributed by atoms with Gasteiger partial charge in [-0.3, -0.25) is 4.79 Å². The molecule has 1 atom stereocenters. The van der Waals surface area contributed by atoms with Gasteiger partial charge >= 0.3 is 0 Å². The van der Waals surface area contributed by atoms with Crippen LogP contribution in [-0.4, -0.2) is 38.6 Å². The molecule has 1 heterocycles. The number of carbonyl (C=O) groups excluding carboxylic acids is 1. The molecule has 18 heavy (non-hydrogen) atoms. The Kier molecular flexibility index (Phi) is 4.20. The maximum absolute atomic E-state index is 11.7. The fourth-order valence-electron chi connectivity index (χ4n) is 2.32. The number of piperazine rings is 1. The maximum atomic E-state index is 11.7. The molecule has 1 aromatic carbocycles. The minimum absolute atomic E-state index is 0.0982. The highest BCUT2D eigenvalue weighted by atomic mass is 16.2. The van der Waals surface area contributed by atoms with Crippen molar-refractivity contribution in [2.45, 2.75) is 19.4 Å². The molecular weight excluding hydrogens is 226 g/mol. The van der Waals surface area contributed by atoms with Gasteiger partial charge in [-0.2, -0.15) is 0 Å². The molecule has 4 nitrogen and oxygen atoms in total. The van der Waals surface area contributed by atoms with E-state index < -0.39 is 0 Å². The van der Waals surface area contributed by atoms with E-state index in [1.54, 1.807) is 0 Å². The third kappa shape index (κ3) is 3.01. The van der Waals surface area contributed by atoms with Gasteiger partial charge in [-0.15, -0.1) is 0 Å². The van der Waals surface area contributed by atoms with Crippen LogP contribution in [0.15, 0.2) is 24.3 Å². The van der Waals surface area contributed by atoms with Crippen molar-refractivity contribution in [1.82, 2.24) is 10.6 Å². The van der Waals surface area contributed by atoms with Crippen molar-refractivity contribution in [2.24, 2.45) is 0 Å². The molecule has 1 aliphatic heterocycles. The molecule has 1 saturated heterocycles. The molecule has 2 rings (SSSR count). The molecule has 0 aliphatic carbocycles. The number of nitrogens with zero attached hydrogens (tertiary/aromatic N) is 1. The molecule has 0 radical (unpaired) electrons. The van der Waals surface area contributed by atoms with E-state index in [1.165, 1.54) is 5.56 Å². The summed E-state index contributed by atoms with van der Waals surface area (Å²) < 4.78 is 0. The lowest BCUT2D eigenvalue weighted by atomic mass is 10.1. The Morgan fingerprint density at radius 3 is 2.72 bits per heavy atom. The van der Waals surface area contributed by atoms with Crippen LogP contribution in [0.2, 0.25) is 0 Å². The second kappa shape index (κ2) is 5.87. The fraction of sp³-hybridized carbons (Fsp3) is 0.500. The lowest BCUT2D eigenvalue weighted by Gasteiger charge is -2.34. The highest BCUT2D eigenvalue weighted by Crippen LogP contribution is 2.17. The number of anilines is 1. The van der Waals surface area contributed by atoms with Gasteiger partial charge in [0.2, 0.25) is 5.91 Å². The molecule has 0 bridgehead atoms. The predicted molar refractivity (Wildman–Crippen MR) is 73.9 cm³/mol. The van der Waals surface area contributed by atoms with Crippen molar-refractivity contribution in [1.29, 1.82) is 0 Å². The molecule has 4 heteroatoms. The van der Waals surface area contributed by atoms with Crippen molar-refractivity contribution >= 4 is 11.6 Å². The van der Waals surface area contributed by atoms with E-state index in [1.807, 2.05) is 7.05 Å². The van der Waals surface area contributed by atoms with Crippen LogP contribution in [0.25, 0.3) is 0 Å². The Balaban J connectivity index is 2.08. The minimum Gasteiger partial charge on any atom is -0.360 e. The predicted octanol–water partition coefficient (Wildman–Crippen LogP) is 0.773. The van der Waals surface area contributed by atoms with E-state index in [2.05, 4.69) is 46.7 Å². The van der Waals surface area contributed by atoms with E-state index >= 15 is 0 Å². The zero-order valence-corrected chi connectivity index (χ0v) is 11.1. The Labute approximate surface area is 108 Å². The second-order valence-corrected chi connectivity index (χ2v) is 4.72. The number of aryl methyl sites for hydroxylation is 1. The summed E-state index contributed by atoms with van der Waals surface area (Å²) in [4.78, 5) is 13.8. The zero-order valence-electron chi connectivity index (χ0n) is 11.1. The van der Waals surface area contributed by atoms with Crippen LogP contribution in [0.3, 0.4) is 0 Å². The first-order valence-electron chi connectivity index (χ1n) is 6.50. The van der Waals surface area contributed by atoms with E-state index in [-0.39, 0.29) is 11.9 Å². The van der Waals surface area contributed by atoms with Crippen molar-refractivity contribution < 1.29 is 4.79 Å². The van der Waals surface area contributed by atoms with Gasteiger partial charge in [-0.1, -0.05) is 19.1 Å². The van der Waals surface area contributed by atoms with Crippen LogP contribution >= 0.6 is 0 Å². The number of amides is 1. The van der Waals surface area contributed by atoms with Crippen molar-refractivity contribution in [3.63, 3.8) is 0 Å². The standard InChI is InChI=1S/C14H21N3O/c1-3-11-4-6-13(7-5-11)17-9-12(8-15-2)16-14(18)10-17/h4-7,12,15H,3,8-10H2,1-2H3,(H,16,18). The van der Waals surface area contributed by atoms with Crippen LogP contribution in [-0.2, 0) is 11.2 Å². The van der Waals surface area contributed by atoms with E-state index in [0.717, 1.165) is 25.2 Å². The van der Waals surface area contributed by atoms with Crippen molar-refractivity contribution in [3.8, 4) is 0 Å². The summed E-state index contributed by atoms with van der Waals surface area (Å²) in [6.45, 7) is 4.26. The topological polar surface area (TPSA) is 44.4 Å². The average Bonchev–Trinajstić information content (AvgIpc) is 2.38. The van der Waals surface area contributed by atoms with Crippen LogP contribution in [0.5, 0.6) is 0 Å². The summed E-state index contributed by atoms with van der Waals surface area (Å²) >= 11 is 0. The zero-order chi connectivity index (χ0) is 13.0. The molecular formula is C14H21N3O. The largest absolute Gasteiger partial charge is 0.360 e. The molecule has 0 spiro atoms. The first-order valence-corrected chi connectivity index (χ1v) is 6.50. The van der Waals surface area contributed by atoms with Gasteiger partial charge in [-0.25, -0.2) is 0 Å². The number of likely N-dealkylation sites (N-methyl/N-ethyl adjacent to an activating group) is 1. The third-order valence-electron chi connectivity index (χ3n) is 3.30. The van der Waals surface area contributed by atoms with Crippen LogP contribution < -0.4 is 15.5 Å². The fourth-order valence-corrected chi connectivity index (χ4v) is 2.32. The summed E-state index contributed by atoms with van der Waals surface area (Å²) in [5.74, 6) is 0.0982. The minimum atomic E-state index is 0.0982. The van der Waals surface area contributed by atoms with Crippen LogP contribution in [0.4, 0.5) is 5.69 Å². The van der Waals surface area contributed by atoms with E-state index in [9.17, 15) is 4.79 Å². The van der Waals surface area contributed by atoms with Gasteiger partial charge in [0.05, 0.1) is 12.6 Å². The normalized spacial score (nSPS) is 19.8. The lowest BCUT2D eigenvalue weighted by molar-refractivity contribution is -0.121. The summed E-state index contributed by atoms with van der Waals surface area (Å²) in [6.07, 6.45) is 1.04. The van der Waals surface area contributed by atoms with E-state index in [0.29, 0.717) is 6.54 Å². The molecule has 2 N–H and O–H groups in total. The first-order chi connectivity index (χ1) is 8.72. The van der Waals surface area contributed by atoms with Gasteiger partial charge in [0, 0.05) is 18.8 Å². The number of nitrogens with one attached hydrogen (secondary N) is 2. The Hall–Kier alpha value is -1.55. The van der Waals surface area contributed by atoms with Gasteiger partial charge in [0.1, 0.15) is 0 Å². The Bertz CT molecular complexity index is 402. The van der Waals surface area contributed by atoms with Gasteiger partial charge < -0.3 is 15.5 Å². The smallest absolute Gasteiger partial charge is 0.239 e. The molecule has 98 valence electrons. The molecule has 1 aliphatic rings. The number of rotatable bonds is 4. The molecule has 1 amide bonds.